The molecule has 0 aliphatic heterocycles. The van der Waals surface area contributed by atoms with E-state index in [0.29, 0.717) is 40.1 Å². The van der Waals surface area contributed by atoms with Gasteiger partial charge >= 0.3 is 0 Å². The maximum atomic E-state index is 14.0. The first-order valence-corrected chi connectivity index (χ1v) is 11.1. The Morgan fingerprint density at radius 2 is 1.90 bits per heavy atom. The molecule has 0 bridgehead atoms. The van der Waals surface area contributed by atoms with Gasteiger partial charge in [0.05, 0.1) is 4.70 Å². The zero-order valence-electron chi connectivity index (χ0n) is 16.0. The van der Waals surface area contributed by atoms with Crippen LogP contribution in [0.4, 0.5) is 13.9 Å². The molecule has 0 aliphatic rings. The van der Waals surface area contributed by atoms with Gasteiger partial charge in [0.1, 0.15) is 11.3 Å². The first-order chi connectivity index (χ1) is 13.8. The minimum absolute atomic E-state index is 0.0876. The maximum Gasteiger partial charge on any atom is 0.229 e. The molecule has 0 saturated heterocycles. The molecule has 0 saturated carbocycles. The number of carbonyl (C=O) groups excluding carboxylic acids is 1. The molecule has 154 valence electrons. The number of hydrogen-bond donors (Lipinski definition) is 0. The van der Waals surface area contributed by atoms with E-state index in [1.807, 2.05) is 43.3 Å². The van der Waals surface area contributed by atoms with Gasteiger partial charge in [-0.25, -0.2) is 13.8 Å². The molecule has 3 rings (SSSR count). The van der Waals surface area contributed by atoms with Gasteiger partial charge in [-0.1, -0.05) is 22.9 Å². The number of nitrogens with zero attached hydrogens (tertiary/aromatic N) is 3. The minimum Gasteiger partial charge on any atom is -0.308 e. The third-order valence-corrected chi connectivity index (χ3v) is 6.39. The minimum atomic E-state index is -0.721. The Hall–Kier alpha value is -1.74. The van der Waals surface area contributed by atoms with Crippen molar-refractivity contribution in [2.24, 2.45) is 0 Å². The van der Waals surface area contributed by atoms with Crippen molar-refractivity contribution in [2.45, 2.75) is 11.3 Å². The van der Waals surface area contributed by atoms with Crippen LogP contribution in [-0.4, -0.2) is 48.7 Å². The van der Waals surface area contributed by atoms with Crippen LogP contribution >= 0.6 is 34.7 Å². The third kappa shape index (κ3) is 5.88. The molecule has 0 fully saturated rings. The Morgan fingerprint density at radius 1 is 1.17 bits per heavy atom. The number of hydrogen-bond acceptors (Lipinski definition) is 5. The summed E-state index contributed by atoms with van der Waals surface area (Å²) in [7, 11) is 3.82. The van der Waals surface area contributed by atoms with E-state index in [1.54, 1.807) is 16.7 Å². The highest BCUT2D eigenvalue weighted by atomic mass is 35.5. The van der Waals surface area contributed by atoms with Gasteiger partial charge in [0, 0.05) is 41.2 Å². The highest BCUT2D eigenvalue weighted by Gasteiger charge is 2.21. The fourth-order valence-electron chi connectivity index (χ4n) is 2.61. The van der Waals surface area contributed by atoms with Gasteiger partial charge in [0.25, 0.3) is 0 Å². The summed E-state index contributed by atoms with van der Waals surface area (Å²) >= 11 is 8.57. The van der Waals surface area contributed by atoms with Crippen molar-refractivity contribution >= 4 is 56.0 Å². The van der Waals surface area contributed by atoms with Crippen LogP contribution in [0.5, 0.6) is 0 Å². The lowest BCUT2D eigenvalue weighted by Crippen LogP contribution is -2.36. The molecule has 29 heavy (non-hydrogen) atoms. The number of likely N-dealkylation sites (N-methyl/N-ethyl adjacent to an activating group) is 1. The van der Waals surface area contributed by atoms with E-state index in [0.717, 1.165) is 22.3 Å². The summed E-state index contributed by atoms with van der Waals surface area (Å²) in [5.74, 6) is -0.892. The highest BCUT2D eigenvalue weighted by molar-refractivity contribution is 7.99. The quantitative estimate of drug-likeness (QED) is 0.431. The molecule has 1 amide bonds. The van der Waals surface area contributed by atoms with E-state index >= 15 is 0 Å². The van der Waals surface area contributed by atoms with Gasteiger partial charge in [-0.3, -0.25) is 9.69 Å². The zero-order chi connectivity index (χ0) is 21.0. The molecule has 0 radical (unpaired) electrons. The molecule has 2 aromatic carbocycles. The number of aromatic nitrogens is 1. The molecular weight excluding hydrogens is 436 g/mol. The molecule has 0 aliphatic carbocycles. The number of fused-ring (bicyclic) bond motifs is 1. The van der Waals surface area contributed by atoms with Crippen molar-refractivity contribution in [1.29, 1.82) is 0 Å². The topological polar surface area (TPSA) is 36.4 Å². The van der Waals surface area contributed by atoms with Crippen LogP contribution in [0.15, 0.2) is 41.3 Å². The predicted molar refractivity (Wildman–Crippen MR) is 117 cm³/mol. The Bertz CT molecular complexity index is 995. The van der Waals surface area contributed by atoms with E-state index in [9.17, 15) is 13.6 Å². The van der Waals surface area contributed by atoms with Crippen molar-refractivity contribution in [3.8, 4) is 0 Å². The molecule has 4 nitrogen and oxygen atoms in total. The van der Waals surface area contributed by atoms with Crippen LogP contribution in [0, 0.1) is 11.6 Å². The van der Waals surface area contributed by atoms with Gasteiger partial charge < -0.3 is 4.90 Å². The second kappa shape index (κ2) is 9.84. The van der Waals surface area contributed by atoms with Gasteiger partial charge in [-0.05, 0) is 44.4 Å². The van der Waals surface area contributed by atoms with E-state index < -0.39 is 11.6 Å². The summed E-state index contributed by atoms with van der Waals surface area (Å²) in [5, 5.41) is 1.05. The number of thioether (sulfide) groups is 1. The lowest BCUT2D eigenvalue weighted by molar-refractivity contribution is -0.118. The molecule has 1 aromatic heterocycles. The number of amides is 1. The summed E-state index contributed by atoms with van der Waals surface area (Å²) in [6.45, 7) is 1.05. The summed E-state index contributed by atoms with van der Waals surface area (Å²) in [6.07, 6.45) is 0.299. The van der Waals surface area contributed by atoms with Crippen LogP contribution in [0.3, 0.4) is 0 Å². The zero-order valence-corrected chi connectivity index (χ0v) is 18.4. The summed E-state index contributed by atoms with van der Waals surface area (Å²) in [5.41, 5.74) is 0.0876. The van der Waals surface area contributed by atoms with Gasteiger partial charge in [-0.15, -0.1) is 11.8 Å². The first-order valence-electron chi connectivity index (χ1n) is 8.92. The highest BCUT2D eigenvalue weighted by Crippen LogP contribution is 2.32. The molecule has 0 spiro atoms. The Kier molecular flexibility index (Phi) is 7.45. The number of carbonyl (C=O) groups is 1. The summed E-state index contributed by atoms with van der Waals surface area (Å²) < 4.78 is 27.9. The number of halogens is 3. The SMILES string of the molecule is CN(C)CCN(C(=O)CCSc1ccc(Cl)cc1)c1nc2c(F)cc(F)cc2s1. The Balaban J connectivity index is 1.74. The molecule has 3 aromatic rings. The number of benzene rings is 2. The molecule has 0 atom stereocenters. The summed E-state index contributed by atoms with van der Waals surface area (Å²) in [6, 6.07) is 9.48. The fourth-order valence-corrected chi connectivity index (χ4v) is 4.63. The Morgan fingerprint density at radius 3 is 2.59 bits per heavy atom. The lowest BCUT2D eigenvalue weighted by atomic mass is 10.3. The standard InChI is InChI=1S/C20H20ClF2N3OS2/c1-25(2)8-9-26(18(27)7-10-28-15-5-3-13(21)4-6-15)20-24-19-16(23)11-14(22)12-17(19)29-20/h3-6,11-12H,7-10H2,1-2H3. The molecule has 0 unspecified atom stereocenters. The second-order valence-electron chi connectivity index (χ2n) is 6.63. The number of thiazole rings is 1. The Labute approximate surface area is 181 Å². The average Bonchev–Trinajstić information content (AvgIpc) is 3.07. The summed E-state index contributed by atoms with van der Waals surface area (Å²) in [4.78, 5) is 21.7. The van der Waals surface area contributed by atoms with Crippen molar-refractivity contribution < 1.29 is 13.6 Å². The van der Waals surface area contributed by atoms with Crippen LogP contribution in [-0.2, 0) is 4.79 Å². The molecule has 0 N–H and O–H groups in total. The second-order valence-corrected chi connectivity index (χ2v) is 9.25. The lowest BCUT2D eigenvalue weighted by Gasteiger charge is -2.22. The van der Waals surface area contributed by atoms with Crippen LogP contribution in [0.1, 0.15) is 6.42 Å². The van der Waals surface area contributed by atoms with Gasteiger partial charge in [0.15, 0.2) is 10.9 Å². The molecular formula is C20H20ClF2N3OS2. The number of rotatable bonds is 8. The van der Waals surface area contributed by atoms with E-state index in [2.05, 4.69) is 4.98 Å². The van der Waals surface area contributed by atoms with Crippen LogP contribution in [0.25, 0.3) is 10.2 Å². The average molecular weight is 456 g/mol. The largest absolute Gasteiger partial charge is 0.308 e. The molecule has 1 heterocycles. The normalized spacial score (nSPS) is 11.4. The van der Waals surface area contributed by atoms with E-state index in [4.69, 9.17) is 11.6 Å². The third-order valence-electron chi connectivity index (χ3n) is 4.10. The smallest absolute Gasteiger partial charge is 0.229 e. The predicted octanol–water partition coefficient (Wildman–Crippen LogP) is 5.30. The monoisotopic (exact) mass is 455 g/mol. The van der Waals surface area contributed by atoms with E-state index in [1.165, 1.54) is 6.07 Å². The van der Waals surface area contributed by atoms with Gasteiger partial charge in [0.2, 0.25) is 5.91 Å². The van der Waals surface area contributed by atoms with Crippen molar-refractivity contribution in [3.63, 3.8) is 0 Å². The van der Waals surface area contributed by atoms with Crippen molar-refractivity contribution in [1.82, 2.24) is 9.88 Å². The van der Waals surface area contributed by atoms with Gasteiger partial charge in [-0.2, -0.15) is 0 Å². The maximum absolute atomic E-state index is 14.0. The van der Waals surface area contributed by atoms with Crippen LogP contribution < -0.4 is 4.90 Å². The van der Waals surface area contributed by atoms with E-state index in [-0.39, 0.29) is 11.4 Å². The van der Waals surface area contributed by atoms with Crippen molar-refractivity contribution in [3.05, 3.63) is 53.1 Å². The van der Waals surface area contributed by atoms with Crippen LogP contribution in [0.2, 0.25) is 5.02 Å². The number of anilines is 1. The van der Waals surface area contributed by atoms with Crippen molar-refractivity contribution in [2.75, 3.05) is 37.8 Å². The first kappa shape index (κ1) is 22.0. The fraction of sp³-hybridized carbons (Fsp3) is 0.300. The molecule has 9 heteroatoms.